The zero-order valence-electron chi connectivity index (χ0n) is 16.5. The van der Waals surface area contributed by atoms with Crippen molar-refractivity contribution >= 4 is 40.0 Å². The highest BCUT2D eigenvalue weighted by atomic mass is 127. The average Bonchev–Trinajstić information content (AvgIpc) is 2.68. The Hall–Kier alpha value is -1.85. The van der Waals surface area contributed by atoms with Crippen LogP contribution in [0.5, 0.6) is 5.75 Å². The average molecular weight is 518 g/mol. The molecule has 154 valence electrons. The van der Waals surface area contributed by atoms with E-state index in [9.17, 15) is 8.42 Å². The molecule has 0 aromatic heterocycles. The summed E-state index contributed by atoms with van der Waals surface area (Å²) in [5.74, 6) is 1.48. The molecule has 28 heavy (non-hydrogen) atoms. The zero-order valence-corrected chi connectivity index (χ0v) is 19.6. The zero-order chi connectivity index (χ0) is 19.9. The van der Waals surface area contributed by atoms with Crippen molar-refractivity contribution in [3.05, 3.63) is 59.7 Å². The van der Waals surface area contributed by atoms with E-state index in [0.29, 0.717) is 19.0 Å². The topological polar surface area (TPSA) is 83.0 Å². The van der Waals surface area contributed by atoms with Crippen molar-refractivity contribution in [2.24, 2.45) is 4.99 Å². The first-order chi connectivity index (χ1) is 12.9. The Morgan fingerprint density at radius 2 is 1.43 bits per heavy atom. The molecule has 0 spiro atoms. The van der Waals surface area contributed by atoms with Gasteiger partial charge in [0.25, 0.3) is 0 Å². The fourth-order valence-corrected chi connectivity index (χ4v) is 3.23. The fraction of sp³-hybridized carbons (Fsp3) is 0.316. The van der Waals surface area contributed by atoms with E-state index in [1.54, 1.807) is 38.4 Å². The molecule has 0 heterocycles. The summed E-state index contributed by atoms with van der Waals surface area (Å²) in [5.41, 5.74) is 2.07. The van der Waals surface area contributed by atoms with E-state index in [4.69, 9.17) is 4.74 Å². The highest BCUT2D eigenvalue weighted by Gasteiger charge is 2.16. The second-order valence-electron chi connectivity index (χ2n) is 6.06. The molecule has 0 amide bonds. The summed E-state index contributed by atoms with van der Waals surface area (Å²) >= 11 is 0. The maximum Gasteiger partial charge on any atom is 0.242 e. The lowest BCUT2D eigenvalue weighted by molar-refractivity contribution is 0.414. The van der Waals surface area contributed by atoms with E-state index in [0.717, 1.165) is 16.9 Å². The summed E-state index contributed by atoms with van der Waals surface area (Å²) < 4.78 is 30.5. The van der Waals surface area contributed by atoms with Crippen LogP contribution in [0.2, 0.25) is 0 Å². The van der Waals surface area contributed by atoms with Crippen LogP contribution in [-0.4, -0.2) is 46.9 Å². The number of nitrogens with zero attached hydrogens (tertiary/aromatic N) is 2. The Morgan fingerprint density at radius 3 is 1.82 bits per heavy atom. The van der Waals surface area contributed by atoms with Crippen molar-refractivity contribution in [3.63, 3.8) is 0 Å². The van der Waals surface area contributed by atoms with Crippen LogP contribution in [0.3, 0.4) is 0 Å². The highest BCUT2D eigenvalue weighted by molar-refractivity contribution is 14.0. The van der Waals surface area contributed by atoms with Crippen LogP contribution in [0, 0.1) is 0 Å². The van der Waals surface area contributed by atoms with Crippen LogP contribution in [0.4, 0.5) is 0 Å². The van der Waals surface area contributed by atoms with E-state index in [-0.39, 0.29) is 28.9 Å². The minimum Gasteiger partial charge on any atom is -0.497 e. The lowest BCUT2D eigenvalue weighted by atomic mass is 10.2. The minimum absolute atomic E-state index is 0. The Labute approximate surface area is 184 Å². The fourth-order valence-electron chi connectivity index (χ4n) is 2.33. The van der Waals surface area contributed by atoms with Gasteiger partial charge in [0.1, 0.15) is 5.75 Å². The third-order valence-electron chi connectivity index (χ3n) is 4.00. The van der Waals surface area contributed by atoms with Gasteiger partial charge in [-0.1, -0.05) is 24.3 Å². The van der Waals surface area contributed by atoms with Gasteiger partial charge in [-0.3, -0.25) is 4.99 Å². The minimum atomic E-state index is -3.41. The molecule has 9 heteroatoms. The molecule has 0 atom stereocenters. The summed E-state index contributed by atoms with van der Waals surface area (Å²) in [6, 6.07) is 14.6. The number of aliphatic imine (C=N–C) groups is 1. The lowest BCUT2D eigenvalue weighted by Gasteiger charge is -2.14. The molecule has 2 aromatic carbocycles. The van der Waals surface area contributed by atoms with Crippen LogP contribution in [0.1, 0.15) is 11.1 Å². The second-order valence-corrected chi connectivity index (χ2v) is 8.21. The normalized spacial score (nSPS) is 11.7. The number of benzene rings is 2. The van der Waals surface area contributed by atoms with E-state index in [2.05, 4.69) is 15.6 Å². The molecule has 0 aliphatic carbocycles. The van der Waals surface area contributed by atoms with E-state index in [1.165, 1.54) is 18.4 Å². The summed E-state index contributed by atoms with van der Waals surface area (Å²) in [5, 5.41) is 6.45. The molecule has 0 saturated carbocycles. The summed E-state index contributed by atoms with van der Waals surface area (Å²) in [6.07, 6.45) is 0. The molecule has 0 saturated heterocycles. The van der Waals surface area contributed by atoms with Crippen molar-refractivity contribution in [1.29, 1.82) is 0 Å². The molecule has 2 aromatic rings. The Bertz CT molecular complexity index is 867. The Balaban J connectivity index is 0.00000392. The van der Waals surface area contributed by atoms with Gasteiger partial charge in [-0.15, -0.1) is 24.0 Å². The first-order valence-corrected chi connectivity index (χ1v) is 9.89. The van der Waals surface area contributed by atoms with Crippen molar-refractivity contribution in [2.45, 2.75) is 18.0 Å². The quantitative estimate of drug-likeness (QED) is 0.334. The number of sulfonamides is 1. The molecule has 2 N–H and O–H groups in total. The molecular formula is C19H27IN4O3S. The second kappa shape index (κ2) is 11.2. The highest BCUT2D eigenvalue weighted by Crippen LogP contribution is 2.14. The molecule has 2 rings (SSSR count). The van der Waals surface area contributed by atoms with E-state index < -0.39 is 10.0 Å². The van der Waals surface area contributed by atoms with E-state index in [1.807, 2.05) is 24.3 Å². The molecule has 0 unspecified atom stereocenters. The largest absolute Gasteiger partial charge is 0.497 e. The molecule has 0 bridgehead atoms. The van der Waals surface area contributed by atoms with Crippen molar-refractivity contribution < 1.29 is 13.2 Å². The van der Waals surface area contributed by atoms with Gasteiger partial charge in [0, 0.05) is 34.2 Å². The maximum atomic E-state index is 12.1. The van der Waals surface area contributed by atoms with Gasteiger partial charge in [-0.25, -0.2) is 12.7 Å². The number of halogens is 1. The number of hydrogen-bond donors (Lipinski definition) is 2. The number of guanidine groups is 1. The van der Waals surface area contributed by atoms with Crippen LogP contribution in [-0.2, 0) is 23.1 Å². The van der Waals surface area contributed by atoms with Gasteiger partial charge in [-0.2, -0.15) is 0 Å². The summed E-state index contributed by atoms with van der Waals surface area (Å²) in [6.45, 7) is 1.16. The van der Waals surface area contributed by atoms with E-state index >= 15 is 0 Å². The molecule has 0 aliphatic rings. The van der Waals surface area contributed by atoms with Gasteiger partial charge >= 0.3 is 0 Å². The predicted molar refractivity (Wildman–Crippen MR) is 123 cm³/mol. The van der Waals surface area contributed by atoms with Gasteiger partial charge < -0.3 is 15.4 Å². The van der Waals surface area contributed by atoms with Crippen LogP contribution >= 0.6 is 24.0 Å². The number of nitrogens with one attached hydrogen (secondary N) is 2. The van der Waals surface area contributed by atoms with Gasteiger partial charge in [0.05, 0.1) is 12.0 Å². The number of ether oxygens (including phenoxy) is 1. The third kappa shape index (κ3) is 6.64. The first kappa shape index (κ1) is 24.2. The van der Waals surface area contributed by atoms with Gasteiger partial charge in [0.2, 0.25) is 10.0 Å². The molecule has 7 nitrogen and oxygen atoms in total. The van der Waals surface area contributed by atoms with Gasteiger partial charge in [-0.05, 0) is 35.4 Å². The van der Waals surface area contributed by atoms with Crippen LogP contribution in [0.15, 0.2) is 58.4 Å². The van der Waals surface area contributed by atoms with Gasteiger partial charge in [0.15, 0.2) is 5.96 Å². The maximum absolute atomic E-state index is 12.1. The lowest BCUT2D eigenvalue weighted by Crippen LogP contribution is -2.36. The molecule has 0 aliphatic heterocycles. The third-order valence-corrected chi connectivity index (χ3v) is 5.83. The van der Waals surface area contributed by atoms with Crippen LogP contribution < -0.4 is 15.4 Å². The van der Waals surface area contributed by atoms with Crippen molar-refractivity contribution in [1.82, 2.24) is 14.9 Å². The predicted octanol–water partition coefficient (Wildman–Crippen LogP) is 2.43. The standard InChI is InChI=1S/C19H26N4O3S.HI/c1-20-19(21-13-15-5-9-17(26-4)10-6-15)22-14-16-7-11-18(12-8-16)27(24,25)23(2)3;/h5-12H,13-14H2,1-4H3,(H2,20,21,22);1H. The first-order valence-electron chi connectivity index (χ1n) is 8.45. The molecule has 0 radical (unpaired) electrons. The smallest absolute Gasteiger partial charge is 0.242 e. The summed E-state index contributed by atoms with van der Waals surface area (Å²) in [4.78, 5) is 4.48. The SMILES string of the molecule is CN=C(NCc1ccc(OC)cc1)NCc1ccc(S(=O)(=O)N(C)C)cc1.I. The number of hydrogen-bond acceptors (Lipinski definition) is 4. The number of methoxy groups -OCH3 is 1. The Kier molecular flexibility index (Phi) is 9.70. The van der Waals surface area contributed by atoms with Crippen molar-refractivity contribution in [3.8, 4) is 5.75 Å². The molecule has 0 fully saturated rings. The monoisotopic (exact) mass is 518 g/mol. The van der Waals surface area contributed by atoms with Crippen molar-refractivity contribution in [2.75, 3.05) is 28.3 Å². The Morgan fingerprint density at radius 1 is 0.964 bits per heavy atom. The molecular weight excluding hydrogens is 491 g/mol. The number of rotatable bonds is 7. The summed E-state index contributed by atoms with van der Waals surface area (Å²) in [7, 11) is 2.97. The van der Waals surface area contributed by atoms with Crippen LogP contribution in [0.25, 0.3) is 0 Å².